The first-order valence-electron chi connectivity index (χ1n) is 7.56. The van der Waals surface area contributed by atoms with Gasteiger partial charge in [-0.15, -0.1) is 0 Å². The highest BCUT2D eigenvalue weighted by molar-refractivity contribution is 7.84. The first kappa shape index (κ1) is 18.9. The SMILES string of the molecule is CS(=O)(=O)[O-].C[n+]1ccn(C2CCN(c3ccc([N+](=O)[O-])cc3)C2)c1. The number of hydrogen-bond donors (Lipinski definition) is 0. The molecule has 9 nitrogen and oxygen atoms in total. The summed E-state index contributed by atoms with van der Waals surface area (Å²) in [6.45, 7) is 1.91. The van der Waals surface area contributed by atoms with Crippen LogP contribution >= 0.6 is 0 Å². The molecule has 1 aromatic heterocycles. The maximum atomic E-state index is 10.7. The highest BCUT2D eigenvalue weighted by Crippen LogP contribution is 2.27. The quantitative estimate of drug-likeness (QED) is 0.343. The molecule has 3 rings (SSSR count). The van der Waals surface area contributed by atoms with E-state index in [1.54, 1.807) is 12.1 Å². The predicted octanol–water partition coefficient (Wildman–Crippen LogP) is 0.834. The summed E-state index contributed by atoms with van der Waals surface area (Å²) >= 11 is 0. The fourth-order valence-electron chi connectivity index (χ4n) is 2.69. The summed E-state index contributed by atoms with van der Waals surface area (Å²) in [5.74, 6) is 0. The summed E-state index contributed by atoms with van der Waals surface area (Å²) in [4.78, 5) is 12.6. The second kappa shape index (κ2) is 7.62. The fourth-order valence-corrected chi connectivity index (χ4v) is 2.69. The minimum atomic E-state index is -3.92. The monoisotopic (exact) mass is 368 g/mol. The van der Waals surface area contributed by atoms with Crippen LogP contribution in [0.5, 0.6) is 0 Å². The number of nitrogens with zero attached hydrogens (tertiary/aromatic N) is 4. The number of nitro groups is 1. The molecule has 0 amide bonds. The number of rotatable bonds is 3. The van der Waals surface area contributed by atoms with Gasteiger partial charge in [0.25, 0.3) is 5.69 Å². The molecule has 0 bridgehead atoms. The maximum Gasteiger partial charge on any atom is 0.269 e. The van der Waals surface area contributed by atoms with Crippen molar-refractivity contribution in [3.63, 3.8) is 0 Å². The zero-order chi connectivity index (χ0) is 18.6. The minimum absolute atomic E-state index is 0.141. The maximum absolute atomic E-state index is 10.7. The second-order valence-corrected chi connectivity index (χ2v) is 7.30. The summed E-state index contributed by atoms with van der Waals surface area (Å²) in [6.07, 6.45) is 7.90. The van der Waals surface area contributed by atoms with Crippen LogP contribution in [0.15, 0.2) is 43.0 Å². The van der Waals surface area contributed by atoms with E-state index in [4.69, 9.17) is 13.0 Å². The van der Waals surface area contributed by atoms with Crippen LogP contribution in [0, 0.1) is 10.1 Å². The highest BCUT2D eigenvalue weighted by Gasteiger charge is 2.27. The molecule has 1 unspecified atom stereocenters. The van der Waals surface area contributed by atoms with Gasteiger partial charge in [0.05, 0.1) is 28.6 Å². The number of anilines is 1. The number of hydrogen-bond acceptors (Lipinski definition) is 6. The van der Waals surface area contributed by atoms with E-state index in [9.17, 15) is 10.1 Å². The molecule has 2 aromatic rings. The number of non-ortho nitro benzene ring substituents is 1. The Hall–Kier alpha value is -2.46. The van der Waals surface area contributed by atoms with Crippen LogP contribution in [0.3, 0.4) is 0 Å². The summed E-state index contributed by atoms with van der Waals surface area (Å²) in [6, 6.07) is 7.26. The Morgan fingerprint density at radius 1 is 1.28 bits per heavy atom. The van der Waals surface area contributed by atoms with Crippen molar-refractivity contribution in [2.24, 2.45) is 7.05 Å². The molecule has 1 aliphatic rings. The second-order valence-electron chi connectivity index (χ2n) is 5.89. The van der Waals surface area contributed by atoms with Crippen LogP contribution in [0.1, 0.15) is 12.5 Å². The van der Waals surface area contributed by atoms with Gasteiger partial charge in [0.2, 0.25) is 6.33 Å². The van der Waals surface area contributed by atoms with Crippen LogP contribution in [-0.4, -0.2) is 41.8 Å². The third-order valence-electron chi connectivity index (χ3n) is 3.80. The molecule has 0 N–H and O–H groups in total. The lowest BCUT2D eigenvalue weighted by molar-refractivity contribution is -0.671. The van der Waals surface area contributed by atoms with Crippen LogP contribution in [0.4, 0.5) is 11.4 Å². The van der Waals surface area contributed by atoms with Crippen molar-refractivity contribution in [1.29, 1.82) is 0 Å². The standard InChI is InChI=1S/C14H17N4O2.CH4O3S/c1-15-8-9-17(11-15)14-6-7-16(10-14)12-2-4-13(5-3-12)18(19)20;1-5(2,3)4/h2-5,8-9,11,14H,6-7,10H2,1H3;1H3,(H,2,3,4)/q+1;/p-1. The zero-order valence-corrected chi connectivity index (χ0v) is 14.8. The van der Waals surface area contributed by atoms with E-state index >= 15 is 0 Å². The lowest BCUT2D eigenvalue weighted by Gasteiger charge is -2.17. The van der Waals surface area contributed by atoms with Gasteiger partial charge in [0, 0.05) is 37.0 Å². The van der Waals surface area contributed by atoms with Crippen molar-refractivity contribution in [1.82, 2.24) is 4.57 Å². The van der Waals surface area contributed by atoms with Gasteiger partial charge >= 0.3 is 0 Å². The van der Waals surface area contributed by atoms with Gasteiger partial charge in [0.1, 0.15) is 18.4 Å². The van der Waals surface area contributed by atoms with Crippen molar-refractivity contribution in [2.45, 2.75) is 12.5 Å². The number of nitro benzene ring substituents is 1. The van der Waals surface area contributed by atoms with Crippen molar-refractivity contribution >= 4 is 21.5 Å². The molecule has 136 valence electrons. The average Bonchev–Trinajstić information content (AvgIpc) is 3.14. The minimum Gasteiger partial charge on any atom is -0.748 e. The molecule has 2 heterocycles. The molecule has 1 saturated heterocycles. The van der Waals surface area contributed by atoms with Gasteiger partial charge in [-0.3, -0.25) is 10.1 Å². The smallest absolute Gasteiger partial charge is 0.269 e. The summed E-state index contributed by atoms with van der Waals surface area (Å²) < 4.78 is 31.5. The largest absolute Gasteiger partial charge is 0.748 e. The Kier molecular flexibility index (Phi) is 5.75. The van der Waals surface area contributed by atoms with Crippen molar-refractivity contribution in [2.75, 3.05) is 24.2 Å². The van der Waals surface area contributed by atoms with Gasteiger partial charge in [-0.1, -0.05) is 0 Å². The van der Waals surface area contributed by atoms with Gasteiger partial charge < -0.3 is 9.45 Å². The fraction of sp³-hybridized carbons (Fsp3) is 0.400. The van der Waals surface area contributed by atoms with Crippen molar-refractivity contribution in [3.05, 3.63) is 53.1 Å². The predicted molar refractivity (Wildman–Crippen MR) is 90.2 cm³/mol. The Balaban J connectivity index is 0.000000399. The van der Waals surface area contributed by atoms with E-state index in [0.29, 0.717) is 12.3 Å². The first-order chi connectivity index (χ1) is 11.6. The number of aromatic nitrogens is 2. The normalized spacial score (nSPS) is 17.1. The summed E-state index contributed by atoms with van der Waals surface area (Å²) in [5.41, 5.74) is 1.19. The molecule has 1 aromatic carbocycles. The Morgan fingerprint density at radius 2 is 1.88 bits per heavy atom. The Labute approximate surface area is 146 Å². The van der Waals surface area contributed by atoms with Crippen LogP contribution in [-0.2, 0) is 17.2 Å². The number of imidazole rings is 1. The molecule has 25 heavy (non-hydrogen) atoms. The molecule has 10 heteroatoms. The van der Waals surface area contributed by atoms with E-state index in [2.05, 4.69) is 22.0 Å². The molecule has 0 aliphatic carbocycles. The van der Waals surface area contributed by atoms with Gasteiger partial charge in [-0.25, -0.2) is 17.6 Å². The van der Waals surface area contributed by atoms with E-state index in [1.807, 2.05) is 29.9 Å². The summed E-state index contributed by atoms with van der Waals surface area (Å²) in [7, 11) is -1.90. The molecule has 0 spiro atoms. The van der Waals surface area contributed by atoms with E-state index < -0.39 is 10.1 Å². The number of aryl methyl sites for hydroxylation is 1. The lowest BCUT2D eigenvalue weighted by atomic mass is 10.2. The van der Waals surface area contributed by atoms with Crippen LogP contribution in [0.2, 0.25) is 0 Å². The van der Waals surface area contributed by atoms with Crippen molar-refractivity contribution < 1.29 is 22.5 Å². The molecular weight excluding hydrogens is 348 g/mol. The van der Waals surface area contributed by atoms with E-state index in [-0.39, 0.29) is 10.6 Å². The first-order valence-corrected chi connectivity index (χ1v) is 9.38. The van der Waals surface area contributed by atoms with Gasteiger partial charge in [-0.05, 0) is 12.1 Å². The molecular formula is C15H20N4O5S. The zero-order valence-electron chi connectivity index (χ0n) is 14.0. The number of benzene rings is 1. The van der Waals surface area contributed by atoms with Crippen LogP contribution in [0.25, 0.3) is 0 Å². The van der Waals surface area contributed by atoms with Crippen LogP contribution < -0.4 is 9.47 Å². The molecule has 0 radical (unpaired) electrons. The van der Waals surface area contributed by atoms with Gasteiger partial charge in [-0.2, -0.15) is 0 Å². The molecule has 1 aliphatic heterocycles. The molecule has 1 atom stereocenters. The summed E-state index contributed by atoms with van der Waals surface area (Å²) in [5, 5.41) is 10.7. The third kappa shape index (κ3) is 5.84. The lowest BCUT2D eigenvalue weighted by Crippen LogP contribution is -2.25. The third-order valence-corrected chi connectivity index (χ3v) is 3.80. The molecule has 1 fully saturated rings. The highest BCUT2D eigenvalue weighted by atomic mass is 32.2. The topological polar surface area (TPSA) is 112 Å². The van der Waals surface area contributed by atoms with Gasteiger partial charge in [0.15, 0.2) is 0 Å². The Morgan fingerprint density at radius 3 is 2.36 bits per heavy atom. The van der Waals surface area contributed by atoms with E-state index in [1.165, 1.54) is 0 Å². The average molecular weight is 368 g/mol. The van der Waals surface area contributed by atoms with E-state index in [0.717, 1.165) is 25.2 Å². The Bertz CT molecular complexity index is 824. The molecule has 0 saturated carbocycles. The van der Waals surface area contributed by atoms with Crippen molar-refractivity contribution in [3.8, 4) is 0 Å².